The van der Waals surface area contributed by atoms with Gasteiger partial charge in [-0.05, 0) is 99.3 Å². The van der Waals surface area contributed by atoms with Gasteiger partial charge in [0.05, 0.1) is 11.1 Å². The lowest BCUT2D eigenvalue weighted by Crippen LogP contribution is -2.48. The molecule has 1 saturated heterocycles. The van der Waals surface area contributed by atoms with Crippen LogP contribution in [0, 0.1) is 13.8 Å². The Labute approximate surface area is 230 Å². The number of hydrogen-bond donors (Lipinski definition) is 1. The van der Waals surface area contributed by atoms with Crippen molar-refractivity contribution < 1.29 is 9.53 Å². The number of pyridine rings is 1. The van der Waals surface area contributed by atoms with E-state index >= 15 is 0 Å². The predicted octanol–water partition coefficient (Wildman–Crippen LogP) is 6.52. The van der Waals surface area contributed by atoms with Crippen LogP contribution < -0.4 is 10.1 Å². The lowest BCUT2D eigenvalue weighted by molar-refractivity contribution is 0.0767. The van der Waals surface area contributed by atoms with E-state index in [0.29, 0.717) is 18.2 Å². The average Bonchev–Trinajstić information content (AvgIpc) is 3.71. The molecule has 1 atom stereocenters. The SMILES string of the molecule is Cc1cccc(/C=C/c2cc(C3(NC(=O)c4cc(OC[C@@H]5CCN5C)ccc4C)CC3)c3cccnc3c2)c1. The second-order valence-corrected chi connectivity index (χ2v) is 11.1. The van der Waals surface area contributed by atoms with Crippen molar-refractivity contribution in [2.45, 2.75) is 44.7 Å². The van der Waals surface area contributed by atoms with Crippen LogP contribution in [0.25, 0.3) is 23.1 Å². The number of amides is 1. The lowest BCUT2D eigenvalue weighted by atomic mass is 9.95. The topological polar surface area (TPSA) is 54.5 Å². The van der Waals surface area contributed by atoms with E-state index in [9.17, 15) is 4.79 Å². The molecular weight excluding hydrogens is 482 g/mol. The van der Waals surface area contributed by atoms with Crippen LogP contribution in [-0.4, -0.2) is 42.0 Å². The second-order valence-electron chi connectivity index (χ2n) is 11.1. The first kappa shape index (κ1) is 25.3. The molecule has 1 amide bonds. The number of likely N-dealkylation sites (tertiary alicyclic amines) is 1. The van der Waals surface area contributed by atoms with Gasteiger partial charge in [0.2, 0.25) is 0 Å². The maximum atomic E-state index is 13.7. The third-order valence-corrected chi connectivity index (χ3v) is 8.21. The van der Waals surface area contributed by atoms with E-state index in [0.717, 1.165) is 64.7 Å². The van der Waals surface area contributed by atoms with Crippen molar-refractivity contribution in [3.05, 3.63) is 106 Å². The fourth-order valence-electron chi connectivity index (χ4n) is 5.44. The summed E-state index contributed by atoms with van der Waals surface area (Å²) in [4.78, 5) is 20.6. The number of carbonyl (C=O) groups is 1. The zero-order valence-electron chi connectivity index (χ0n) is 22.9. The highest BCUT2D eigenvalue weighted by atomic mass is 16.5. The number of nitrogens with one attached hydrogen (secondary N) is 1. The molecule has 5 heteroatoms. The number of fused-ring (bicyclic) bond motifs is 1. The molecular formula is C34H35N3O2. The van der Waals surface area contributed by atoms with Gasteiger partial charge in [0.25, 0.3) is 5.91 Å². The third kappa shape index (κ3) is 5.32. The summed E-state index contributed by atoms with van der Waals surface area (Å²) in [6.45, 7) is 5.84. The maximum absolute atomic E-state index is 13.7. The molecule has 198 valence electrons. The summed E-state index contributed by atoms with van der Waals surface area (Å²) in [5.74, 6) is 0.683. The molecule has 1 aliphatic heterocycles. The molecule has 6 rings (SSSR count). The number of rotatable bonds is 8. The number of aryl methyl sites for hydroxylation is 2. The number of hydrogen-bond acceptors (Lipinski definition) is 4. The van der Waals surface area contributed by atoms with Gasteiger partial charge in [0.15, 0.2) is 0 Å². The normalized spacial score (nSPS) is 18.2. The fraction of sp³-hybridized carbons (Fsp3) is 0.294. The molecule has 0 spiro atoms. The van der Waals surface area contributed by atoms with Gasteiger partial charge in [-0.3, -0.25) is 14.7 Å². The Balaban J connectivity index is 1.27. The smallest absolute Gasteiger partial charge is 0.252 e. The molecule has 39 heavy (non-hydrogen) atoms. The maximum Gasteiger partial charge on any atom is 0.252 e. The van der Waals surface area contributed by atoms with E-state index in [4.69, 9.17) is 4.74 Å². The average molecular weight is 518 g/mol. The standard InChI is InChI=1S/C34H35N3O2/c1-23-6-4-7-25(18-23)10-11-26-19-31(29-8-5-16-35-32(29)20-26)34(14-15-34)36-33(38)30-21-28(12-9-24(30)2)39-22-27-13-17-37(27)3/h4-12,16,18-21,27H,13-15,17,22H2,1-3H3,(H,36,38)/b11-10+/t27-/m0/s1. The molecule has 3 aromatic carbocycles. The number of likely N-dealkylation sites (N-methyl/N-ethyl adjacent to an activating group) is 1. The van der Waals surface area contributed by atoms with Gasteiger partial charge in [-0.1, -0.05) is 54.1 Å². The van der Waals surface area contributed by atoms with Gasteiger partial charge >= 0.3 is 0 Å². The van der Waals surface area contributed by atoms with Crippen molar-refractivity contribution in [3.8, 4) is 5.75 Å². The Morgan fingerprint density at radius 2 is 1.90 bits per heavy atom. The minimum absolute atomic E-state index is 0.0611. The largest absolute Gasteiger partial charge is 0.492 e. The van der Waals surface area contributed by atoms with Gasteiger partial charge in [-0.15, -0.1) is 0 Å². The van der Waals surface area contributed by atoms with E-state index in [-0.39, 0.29) is 5.91 Å². The highest BCUT2D eigenvalue weighted by Crippen LogP contribution is 2.48. The molecule has 1 aliphatic carbocycles. The first-order chi connectivity index (χ1) is 18.9. The first-order valence-electron chi connectivity index (χ1n) is 13.8. The number of nitrogens with zero attached hydrogens (tertiary/aromatic N) is 2. The van der Waals surface area contributed by atoms with Gasteiger partial charge in [0.1, 0.15) is 12.4 Å². The van der Waals surface area contributed by atoms with Crippen LogP contribution in [0.1, 0.15) is 57.4 Å². The molecule has 1 aromatic heterocycles. The number of ether oxygens (including phenoxy) is 1. The van der Waals surface area contributed by atoms with E-state index < -0.39 is 5.54 Å². The van der Waals surface area contributed by atoms with Gasteiger partial charge in [-0.2, -0.15) is 0 Å². The van der Waals surface area contributed by atoms with Crippen LogP contribution in [0.5, 0.6) is 5.75 Å². The molecule has 5 nitrogen and oxygen atoms in total. The van der Waals surface area contributed by atoms with E-state index in [1.54, 1.807) is 0 Å². The Kier molecular flexibility index (Phi) is 6.69. The molecule has 4 aromatic rings. The quantitative estimate of drug-likeness (QED) is 0.270. The van der Waals surface area contributed by atoms with Crippen molar-refractivity contribution in [1.82, 2.24) is 15.2 Å². The highest BCUT2D eigenvalue weighted by molar-refractivity contribution is 5.97. The highest BCUT2D eigenvalue weighted by Gasteiger charge is 2.47. The summed E-state index contributed by atoms with van der Waals surface area (Å²) >= 11 is 0. The molecule has 1 saturated carbocycles. The minimum atomic E-state index is -0.399. The van der Waals surface area contributed by atoms with Crippen LogP contribution in [-0.2, 0) is 5.54 Å². The van der Waals surface area contributed by atoms with Crippen molar-refractivity contribution >= 4 is 29.0 Å². The molecule has 1 N–H and O–H groups in total. The third-order valence-electron chi connectivity index (χ3n) is 8.21. The van der Waals surface area contributed by atoms with Crippen molar-refractivity contribution in [1.29, 1.82) is 0 Å². The van der Waals surface area contributed by atoms with Crippen LogP contribution in [0.2, 0.25) is 0 Å². The van der Waals surface area contributed by atoms with Gasteiger partial charge in [0, 0.05) is 23.2 Å². The molecule has 0 bridgehead atoms. The molecule has 2 heterocycles. The molecule has 2 aliphatic rings. The first-order valence-corrected chi connectivity index (χ1v) is 13.8. The van der Waals surface area contributed by atoms with Crippen molar-refractivity contribution in [3.63, 3.8) is 0 Å². The van der Waals surface area contributed by atoms with Crippen LogP contribution in [0.15, 0.2) is 72.9 Å². The van der Waals surface area contributed by atoms with E-state index in [2.05, 4.69) is 83.8 Å². The summed E-state index contributed by atoms with van der Waals surface area (Å²) in [6.07, 6.45) is 9.05. The van der Waals surface area contributed by atoms with E-state index in [1.165, 1.54) is 5.56 Å². The molecule has 0 unspecified atom stereocenters. The summed E-state index contributed by atoms with van der Waals surface area (Å²) in [6, 6.07) is 23.1. The van der Waals surface area contributed by atoms with Crippen LogP contribution >= 0.6 is 0 Å². The minimum Gasteiger partial charge on any atom is -0.492 e. The Hall–Kier alpha value is -3.96. The van der Waals surface area contributed by atoms with Crippen molar-refractivity contribution in [2.24, 2.45) is 0 Å². The Morgan fingerprint density at radius 3 is 2.64 bits per heavy atom. The molecule has 0 radical (unpaired) electrons. The summed E-state index contributed by atoms with van der Waals surface area (Å²) in [7, 11) is 2.12. The Morgan fingerprint density at radius 1 is 1.05 bits per heavy atom. The summed E-state index contributed by atoms with van der Waals surface area (Å²) in [5, 5.41) is 4.49. The van der Waals surface area contributed by atoms with Gasteiger partial charge in [-0.25, -0.2) is 0 Å². The fourth-order valence-corrected chi connectivity index (χ4v) is 5.44. The zero-order chi connectivity index (χ0) is 27.0. The number of carbonyl (C=O) groups excluding carboxylic acids is 1. The summed E-state index contributed by atoms with van der Waals surface area (Å²) in [5.41, 5.74) is 6.74. The predicted molar refractivity (Wildman–Crippen MR) is 158 cm³/mol. The lowest BCUT2D eigenvalue weighted by Gasteiger charge is -2.37. The number of aromatic nitrogens is 1. The van der Waals surface area contributed by atoms with E-state index in [1.807, 2.05) is 37.4 Å². The summed E-state index contributed by atoms with van der Waals surface area (Å²) < 4.78 is 6.06. The zero-order valence-corrected chi connectivity index (χ0v) is 22.9. The Bertz CT molecular complexity index is 1570. The van der Waals surface area contributed by atoms with Gasteiger partial charge < -0.3 is 10.1 Å². The monoisotopic (exact) mass is 517 g/mol. The van der Waals surface area contributed by atoms with Crippen molar-refractivity contribution in [2.75, 3.05) is 20.2 Å². The number of benzene rings is 3. The van der Waals surface area contributed by atoms with Crippen LogP contribution in [0.3, 0.4) is 0 Å². The molecule has 2 fully saturated rings. The second kappa shape index (κ2) is 10.3. The van der Waals surface area contributed by atoms with Crippen LogP contribution in [0.4, 0.5) is 0 Å².